The van der Waals surface area contributed by atoms with Gasteiger partial charge in [-0.25, -0.2) is 4.98 Å². The van der Waals surface area contributed by atoms with Crippen LogP contribution < -0.4 is 20.3 Å². The Morgan fingerprint density at radius 2 is 2.25 bits per heavy atom. The van der Waals surface area contributed by atoms with Gasteiger partial charge in [0.05, 0.1) is 31.3 Å². The van der Waals surface area contributed by atoms with E-state index in [0.717, 1.165) is 5.69 Å². The van der Waals surface area contributed by atoms with Crippen LogP contribution in [0.1, 0.15) is 22.6 Å². The first-order chi connectivity index (χ1) is 13.6. The molecule has 0 fully saturated rings. The Morgan fingerprint density at radius 1 is 1.39 bits per heavy atom. The van der Waals surface area contributed by atoms with Gasteiger partial charge in [-0.3, -0.25) is 9.59 Å². The molecule has 3 N–H and O–H groups in total. The van der Waals surface area contributed by atoms with Crippen LogP contribution in [0.5, 0.6) is 5.75 Å². The first-order valence-electron chi connectivity index (χ1n) is 9.10. The predicted molar refractivity (Wildman–Crippen MR) is 103 cm³/mol. The van der Waals surface area contributed by atoms with Crippen LogP contribution in [-0.4, -0.2) is 61.7 Å². The summed E-state index contributed by atoms with van der Waals surface area (Å²) < 4.78 is 10.7. The number of hydrogen-bond donors (Lipinski definition) is 3. The standard InChI is InChI=1S/C19H25N5O4/c1-24-14(10-18(25)23-11-17-20-5-6-21-17)12-28-16-4-3-13(9-15(16)24)19(26)22-7-8-27-2/h3-6,9,14H,7-8,10-12H2,1-2H3,(H,20,21)(H,22,26)(H,23,25)/t14-/m1/s1. The number of imidazole rings is 1. The summed E-state index contributed by atoms with van der Waals surface area (Å²) in [5, 5.41) is 5.64. The molecule has 1 aromatic heterocycles. The molecule has 0 aliphatic carbocycles. The second-order valence-electron chi connectivity index (χ2n) is 6.52. The number of likely N-dealkylation sites (N-methyl/N-ethyl adjacent to an activating group) is 1. The molecular formula is C19H25N5O4. The van der Waals surface area contributed by atoms with Gasteiger partial charge in [-0.15, -0.1) is 0 Å². The van der Waals surface area contributed by atoms with E-state index in [1.807, 2.05) is 11.9 Å². The van der Waals surface area contributed by atoms with Gasteiger partial charge in [0, 0.05) is 38.7 Å². The van der Waals surface area contributed by atoms with E-state index in [4.69, 9.17) is 9.47 Å². The number of fused-ring (bicyclic) bond motifs is 1. The van der Waals surface area contributed by atoms with Crippen LogP contribution in [0.2, 0.25) is 0 Å². The molecule has 0 saturated heterocycles. The number of carbonyl (C=O) groups excluding carboxylic acids is 2. The van der Waals surface area contributed by atoms with Crippen molar-refractivity contribution in [1.82, 2.24) is 20.6 Å². The molecule has 9 nitrogen and oxygen atoms in total. The molecule has 0 spiro atoms. The third-order valence-corrected chi connectivity index (χ3v) is 4.60. The summed E-state index contributed by atoms with van der Waals surface area (Å²) in [6.07, 6.45) is 3.63. The summed E-state index contributed by atoms with van der Waals surface area (Å²) >= 11 is 0. The summed E-state index contributed by atoms with van der Waals surface area (Å²) in [5.41, 5.74) is 1.32. The number of anilines is 1. The average molecular weight is 387 g/mol. The molecule has 1 aliphatic rings. The van der Waals surface area contributed by atoms with Crippen LogP contribution in [0.25, 0.3) is 0 Å². The minimum atomic E-state index is -0.174. The lowest BCUT2D eigenvalue weighted by Gasteiger charge is -2.35. The third kappa shape index (κ3) is 4.80. The van der Waals surface area contributed by atoms with Gasteiger partial charge in [-0.2, -0.15) is 0 Å². The van der Waals surface area contributed by atoms with Gasteiger partial charge < -0.3 is 30.0 Å². The van der Waals surface area contributed by atoms with Crippen LogP contribution in [0, 0.1) is 0 Å². The molecule has 9 heteroatoms. The molecule has 0 unspecified atom stereocenters. The Balaban J connectivity index is 1.60. The highest BCUT2D eigenvalue weighted by Crippen LogP contribution is 2.34. The number of methoxy groups -OCH3 is 1. The molecule has 1 aromatic carbocycles. The zero-order valence-electron chi connectivity index (χ0n) is 16.0. The Kier molecular flexibility index (Phi) is 6.49. The van der Waals surface area contributed by atoms with E-state index in [0.29, 0.717) is 43.4 Å². The molecule has 1 aliphatic heterocycles. The second-order valence-corrected chi connectivity index (χ2v) is 6.52. The van der Waals surface area contributed by atoms with Gasteiger partial charge in [0.25, 0.3) is 5.91 Å². The number of rotatable bonds is 8. The molecule has 0 radical (unpaired) electrons. The molecule has 0 bridgehead atoms. The van der Waals surface area contributed by atoms with Crippen molar-refractivity contribution in [2.24, 2.45) is 0 Å². The van der Waals surface area contributed by atoms with E-state index < -0.39 is 0 Å². The molecule has 2 aromatic rings. The zero-order valence-corrected chi connectivity index (χ0v) is 16.0. The Bertz CT molecular complexity index is 809. The second kappa shape index (κ2) is 9.23. The topological polar surface area (TPSA) is 109 Å². The van der Waals surface area contributed by atoms with E-state index in [-0.39, 0.29) is 24.3 Å². The minimum Gasteiger partial charge on any atom is -0.489 e. The number of ether oxygens (including phenoxy) is 2. The first kappa shape index (κ1) is 19.7. The maximum absolute atomic E-state index is 12.3. The van der Waals surface area contributed by atoms with Crippen LogP contribution >= 0.6 is 0 Å². The smallest absolute Gasteiger partial charge is 0.251 e. The largest absolute Gasteiger partial charge is 0.489 e. The van der Waals surface area contributed by atoms with E-state index in [1.54, 1.807) is 37.7 Å². The number of aromatic nitrogens is 2. The van der Waals surface area contributed by atoms with Gasteiger partial charge in [-0.1, -0.05) is 0 Å². The monoisotopic (exact) mass is 387 g/mol. The Hall–Kier alpha value is -3.07. The molecule has 28 heavy (non-hydrogen) atoms. The van der Waals surface area contributed by atoms with Gasteiger partial charge in [0.1, 0.15) is 18.2 Å². The van der Waals surface area contributed by atoms with E-state index in [1.165, 1.54) is 0 Å². The fraction of sp³-hybridized carbons (Fsp3) is 0.421. The van der Waals surface area contributed by atoms with Gasteiger partial charge >= 0.3 is 0 Å². The van der Waals surface area contributed by atoms with Crippen molar-refractivity contribution in [3.8, 4) is 5.75 Å². The van der Waals surface area contributed by atoms with Gasteiger partial charge in [-0.05, 0) is 18.2 Å². The fourth-order valence-corrected chi connectivity index (χ4v) is 2.98. The fourth-order valence-electron chi connectivity index (χ4n) is 2.98. The van der Waals surface area contributed by atoms with Crippen LogP contribution in [0.3, 0.4) is 0 Å². The molecule has 3 rings (SSSR count). The van der Waals surface area contributed by atoms with Crippen molar-refractivity contribution in [3.05, 3.63) is 42.0 Å². The maximum atomic E-state index is 12.3. The van der Waals surface area contributed by atoms with Crippen molar-refractivity contribution < 1.29 is 19.1 Å². The Morgan fingerprint density at radius 3 is 3.00 bits per heavy atom. The van der Waals surface area contributed by atoms with Crippen molar-refractivity contribution in [1.29, 1.82) is 0 Å². The SMILES string of the molecule is COCCNC(=O)c1ccc2c(c1)N(C)[C@H](CC(=O)NCc1ncc[nH]1)CO2. The molecule has 150 valence electrons. The number of amides is 2. The highest BCUT2D eigenvalue weighted by Gasteiger charge is 2.27. The van der Waals surface area contributed by atoms with E-state index >= 15 is 0 Å². The summed E-state index contributed by atoms with van der Waals surface area (Å²) in [6, 6.07) is 5.16. The molecule has 0 saturated carbocycles. The summed E-state index contributed by atoms with van der Waals surface area (Å²) in [4.78, 5) is 33.6. The molecule has 1 atom stereocenters. The number of hydrogen-bond acceptors (Lipinski definition) is 6. The van der Waals surface area contributed by atoms with Gasteiger partial charge in [0.2, 0.25) is 5.91 Å². The summed E-state index contributed by atoms with van der Waals surface area (Å²) in [7, 11) is 3.49. The molecule has 2 amide bonds. The average Bonchev–Trinajstić information content (AvgIpc) is 3.22. The first-order valence-corrected chi connectivity index (χ1v) is 9.10. The number of nitrogens with one attached hydrogen (secondary N) is 3. The number of aromatic amines is 1. The maximum Gasteiger partial charge on any atom is 0.251 e. The van der Waals surface area contributed by atoms with Crippen LogP contribution in [0.4, 0.5) is 5.69 Å². The van der Waals surface area contributed by atoms with Crippen LogP contribution in [0.15, 0.2) is 30.6 Å². The van der Waals surface area contributed by atoms with Crippen molar-refractivity contribution >= 4 is 17.5 Å². The molecule has 2 heterocycles. The lowest BCUT2D eigenvalue weighted by atomic mass is 10.1. The van der Waals surface area contributed by atoms with E-state index in [2.05, 4.69) is 20.6 Å². The van der Waals surface area contributed by atoms with Crippen molar-refractivity contribution in [2.75, 3.05) is 38.8 Å². The third-order valence-electron chi connectivity index (χ3n) is 4.60. The molecular weight excluding hydrogens is 362 g/mol. The predicted octanol–water partition coefficient (Wildman–Crippen LogP) is 0.690. The number of benzene rings is 1. The lowest BCUT2D eigenvalue weighted by Crippen LogP contribution is -2.43. The van der Waals surface area contributed by atoms with E-state index in [9.17, 15) is 9.59 Å². The van der Waals surface area contributed by atoms with Crippen molar-refractivity contribution in [3.63, 3.8) is 0 Å². The zero-order chi connectivity index (χ0) is 19.9. The Labute approximate surface area is 163 Å². The summed E-state index contributed by atoms with van der Waals surface area (Å²) in [5.74, 6) is 1.14. The number of nitrogens with zero attached hydrogens (tertiary/aromatic N) is 2. The van der Waals surface area contributed by atoms with Gasteiger partial charge in [0.15, 0.2) is 0 Å². The highest BCUT2D eigenvalue weighted by atomic mass is 16.5. The normalized spacial score (nSPS) is 15.5. The van der Waals surface area contributed by atoms with Crippen LogP contribution in [-0.2, 0) is 16.1 Å². The lowest BCUT2D eigenvalue weighted by molar-refractivity contribution is -0.121. The summed E-state index contributed by atoms with van der Waals surface area (Å²) in [6.45, 7) is 1.65. The minimum absolute atomic E-state index is 0.0891. The highest BCUT2D eigenvalue weighted by molar-refractivity contribution is 5.95. The quantitative estimate of drug-likeness (QED) is 0.575. The number of carbonyl (C=O) groups is 2. The number of H-pyrrole nitrogens is 1. The van der Waals surface area contributed by atoms with Crippen molar-refractivity contribution in [2.45, 2.75) is 19.0 Å².